The number of hydrogen-bond donors (Lipinski definition) is 3. The lowest BCUT2D eigenvalue weighted by molar-refractivity contribution is -0.118. The minimum absolute atomic E-state index is 0.0486. The van der Waals surface area contributed by atoms with Crippen LogP contribution in [0.5, 0.6) is 0 Å². The first kappa shape index (κ1) is 30.7. The SMILES string of the molecule is Cn1ccc(NC(=O)C2NC(CC(C)(C)CCO)C(C#N)(c3ccc(Cl)cc3F)C2c2cccc(Cl)c2F)cc1=O. The fourth-order valence-corrected chi connectivity index (χ4v) is 6.09. The van der Waals surface area contributed by atoms with Crippen LogP contribution in [0.15, 0.2) is 59.5 Å². The van der Waals surface area contributed by atoms with Crippen molar-refractivity contribution in [2.45, 2.75) is 50.1 Å². The van der Waals surface area contributed by atoms with Crippen LogP contribution in [-0.2, 0) is 17.3 Å². The highest BCUT2D eigenvalue weighted by Gasteiger charge is 2.61. The molecule has 0 bridgehead atoms. The Balaban J connectivity index is 1.96. The lowest BCUT2D eigenvalue weighted by atomic mass is 9.62. The third kappa shape index (κ3) is 5.88. The molecule has 1 amide bonds. The summed E-state index contributed by atoms with van der Waals surface area (Å²) in [5, 5.41) is 26.4. The third-order valence-electron chi connectivity index (χ3n) is 7.83. The summed E-state index contributed by atoms with van der Waals surface area (Å²) in [5.41, 5.74) is -2.65. The average molecular weight is 603 g/mol. The molecule has 4 unspecified atom stereocenters. The zero-order chi connectivity index (χ0) is 30.1. The van der Waals surface area contributed by atoms with Crippen LogP contribution < -0.4 is 16.2 Å². The number of hydrogen-bond acceptors (Lipinski definition) is 5. The second-order valence-electron chi connectivity index (χ2n) is 11.1. The summed E-state index contributed by atoms with van der Waals surface area (Å²) in [6, 6.07) is 11.1. The van der Waals surface area contributed by atoms with Gasteiger partial charge >= 0.3 is 0 Å². The summed E-state index contributed by atoms with van der Waals surface area (Å²) in [4.78, 5) is 26.1. The summed E-state index contributed by atoms with van der Waals surface area (Å²) < 4.78 is 32.9. The van der Waals surface area contributed by atoms with Gasteiger partial charge in [-0.1, -0.05) is 55.2 Å². The minimum Gasteiger partial charge on any atom is -0.396 e. The number of nitrogens with zero attached hydrogens (tertiary/aromatic N) is 2. The van der Waals surface area contributed by atoms with Gasteiger partial charge < -0.3 is 20.3 Å². The molecule has 2 aromatic carbocycles. The molecule has 0 aliphatic carbocycles. The van der Waals surface area contributed by atoms with E-state index in [4.69, 9.17) is 23.2 Å². The third-order valence-corrected chi connectivity index (χ3v) is 8.36. The van der Waals surface area contributed by atoms with Gasteiger partial charge in [-0.15, -0.1) is 0 Å². The number of aryl methyl sites for hydroxylation is 1. The lowest BCUT2D eigenvalue weighted by Crippen LogP contribution is -2.45. The second-order valence-corrected chi connectivity index (χ2v) is 12.0. The normalized spacial score (nSPS) is 22.4. The molecule has 0 radical (unpaired) electrons. The van der Waals surface area contributed by atoms with E-state index in [1.165, 1.54) is 53.2 Å². The Bertz CT molecular complexity index is 1570. The highest BCUT2D eigenvalue weighted by atomic mass is 35.5. The zero-order valence-electron chi connectivity index (χ0n) is 22.7. The number of anilines is 1. The highest BCUT2D eigenvalue weighted by Crippen LogP contribution is 2.53. The number of amides is 1. The van der Waals surface area contributed by atoms with Crippen molar-refractivity contribution < 1.29 is 18.7 Å². The average Bonchev–Trinajstić information content (AvgIpc) is 3.21. The van der Waals surface area contributed by atoms with Crippen LogP contribution in [0.2, 0.25) is 10.0 Å². The summed E-state index contributed by atoms with van der Waals surface area (Å²) in [7, 11) is 1.56. The van der Waals surface area contributed by atoms with Gasteiger partial charge in [0.05, 0.1) is 17.1 Å². The number of pyridine rings is 1. The number of carbonyl (C=O) groups excluding carboxylic acids is 1. The fraction of sp³-hybridized carbons (Fsp3) is 0.367. The lowest BCUT2D eigenvalue weighted by Gasteiger charge is -2.38. The maximum absolute atomic E-state index is 15.8. The predicted molar refractivity (Wildman–Crippen MR) is 154 cm³/mol. The van der Waals surface area contributed by atoms with Gasteiger partial charge in [0.25, 0.3) is 5.56 Å². The topological polar surface area (TPSA) is 107 Å². The molecule has 0 spiro atoms. The molecule has 41 heavy (non-hydrogen) atoms. The van der Waals surface area contributed by atoms with Crippen molar-refractivity contribution in [1.82, 2.24) is 9.88 Å². The first-order valence-corrected chi connectivity index (χ1v) is 13.8. The molecule has 4 rings (SSSR count). The highest BCUT2D eigenvalue weighted by molar-refractivity contribution is 6.31. The molecular weight excluding hydrogens is 573 g/mol. The minimum atomic E-state index is -1.82. The number of nitrogens with one attached hydrogen (secondary N) is 2. The van der Waals surface area contributed by atoms with E-state index < -0.39 is 46.4 Å². The number of rotatable bonds is 8. The number of aliphatic hydroxyl groups excluding tert-OH is 1. The monoisotopic (exact) mass is 602 g/mol. The summed E-state index contributed by atoms with van der Waals surface area (Å²) in [6.07, 6.45) is 2.06. The van der Waals surface area contributed by atoms with Crippen molar-refractivity contribution in [3.8, 4) is 6.07 Å². The first-order chi connectivity index (χ1) is 19.3. The molecule has 11 heteroatoms. The quantitative estimate of drug-likeness (QED) is 0.324. The van der Waals surface area contributed by atoms with Crippen molar-refractivity contribution in [1.29, 1.82) is 5.26 Å². The van der Waals surface area contributed by atoms with Crippen LogP contribution in [0.1, 0.15) is 43.7 Å². The molecular formula is C30H30Cl2F2N4O3. The maximum Gasteiger partial charge on any atom is 0.252 e. The van der Waals surface area contributed by atoms with Crippen molar-refractivity contribution in [3.63, 3.8) is 0 Å². The Morgan fingerprint density at radius 2 is 1.95 bits per heavy atom. The van der Waals surface area contributed by atoms with E-state index in [1.54, 1.807) is 7.05 Å². The molecule has 2 heterocycles. The Hall–Kier alpha value is -3.29. The molecule has 1 aliphatic heterocycles. The molecule has 0 saturated carbocycles. The van der Waals surface area contributed by atoms with Gasteiger partial charge in [0.2, 0.25) is 5.91 Å². The molecule has 216 valence electrons. The van der Waals surface area contributed by atoms with E-state index in [9.17, 15) is 20.0 Å². The Morgan fingerprint density at radius 1 is 1.22 bits per heavy atom. The van der Waals surface area contributed by atoms with Crippen molar-refractivity contribution in [3.05, 3.63) is 97.9 Å². The van der Waals surface area contributed by atoms with Crippen molar-refractivity contribution >= 4 is 34.8 Å². The molecule has 1 aliphatic rings. The van der Waals surface area contributed by atoms with E-state index in [0.717, 1.165) is 6.07 Å². The van der Waals surface area contributed by atoms with Crippen molar-refractivity contribution in [2.24, 2.45) is 12.5 Å². The molecule has 1 aromatic heterocycles. The molecule has 3 aromatic rings. The van der Waals surface area contributed by atoms with Gasteiger partial charge in [-0.25, -0.2) is 8.78 Å². The van der Waals surface area contributed by atoms with Gasteiger partial charge in [-0.2, -0.15) is 5.26 Å². The number of nitriles is 1. The van der Waals surface area contributed by atoms with Crippen molar-refractivity contribution in [2.75, 3.05) is 11.9 Å². The first-order valence-electron chi connectivity index (χ1n) is 13.0. The van der Waals surface area contributed by atoms with Crippen LogP contribution in [-0.4, -0.2) is 34.3 Å². The van der Waals surface area contributed by atoms with Gasteiger partial charge in [0.15, 0.2) is 0 Å². The van der Waals surface area contributed by atoms with Gasteiger partial charge in [-0.3, -0.25) is 9.59 Å². The summed E-state index contributed by atoms with van der Waals surface area (Å²) in [6.45, 7) is 3.63. The van der Waals surface area contributed by atoms with Gasteiger partial charge in [0.1, 0.15) is 17.0 Å². The molecule has 4 atom stereocenters. The van der Waals surface area contributed by atoms with Gasteiger partial charge in [0, 0.05) is 54.2 Å². The van der Waals surface area contributed by atoms with E-state index in [0.29, 0.717) is 6.42 Å². The van der Waals surface area contributed by atoms with Crippen LogP contribution in [0.25, 0.3) is 0 Å². The van der Waals surface area contributed by atoms with Crippen LogP contribution >= 0.6 is 23.2 Å². The number of aromatic nitrogens is 1. The maximum atomic E-state index is 15.8. The largest absolute Gasteiger partial charge is 0.396 e. The summed E-state index contributed by atoms with van der Waals surface area (Å²) >= 11 is 12.2. The van der Waals surface area contributed by atoms with Crippen LogP contribution in [0.4, 0.5) is 14.5 Å². The summed E-state index contributed by atoms with van der Waals surface area (Å²) in [5.74, 6) is -3.54. The van der Waals surface area contributed by atoms with Gasteiger partial charge in [-0.05, 0) is 48.1 Å². The zero-order valence-corrected chi connectivity index (χ0v) is 24.2. The Labute approximate surface area is 246 Å². The number of aliphatic hydroxyl groups is 1. The molecule has 1 fully saturated rings. The van der Waals surface area contributed by atoms with E-state index in [-0.39, 0.29) is 45.4 Å². The number of halogens is 4. The molecule has 1 saturated heterocycles. The Kier molecular flexibility index (Phi) is 8.90. The van der Waals surface area contributed by atoms with E-state index in [2.05, 4.69) is 16.7 Å². The van der Waals surface area contributed by atoms with Crippen LogP contribution in [0.3, 0.4) is 0 Å². The number of carbonyl (C=O) groups is 1. The second kappa shape index (κ2) is 11.9. The Morgan fingerprint density at radius 3 is 2.59 bits per heavy atom. The fourth-order valence-electron chi connectivity index (χ4n) is 5.75. The smallest absolute Gasteiger partial charge is 0.252 e. The van der Waals surface area contributed by atoms with E-state index in [1.807, 2.05) is 13.8 Å². The number of benzene rings is 2. The standard InChI is InChI=1S/C30H30Cl2F2N4O3/c1-29(2,10-12-39)15-23-30(16-35,20-8-7-17(31)13-22(20)33)25(19-5-4-6-21(32)26(19)34)27(37-23)28(41)36-18-9-11-38(3)24(40)14-18/h4-9,11,13-14,23,25,27,37,39H,10,12,15H2,1-3H3,(H,36,41). The molecule has 3 N–H and O–H groups in total. The van der Waals surface area contributed by atoms with E-state index >= 15 is 8.78 Å². The predicted octanol–water partition coefficient (Wildman–Crippen LogP) is 5.29. The van der Waals surface area contributed by atoms with Crippen LogP contribution in [0, 0.1) is 28.4 Å². The molecule has 7 nitrogen and oxygen atoms in total.